The number of nitrogens with zero attached hydrogens (tertiary/aromatic N) is 2. The fraction of sp³-hybridized carbons (Fsp3) is 0.167. The summed E-state index contributed by atoms with van der Waals surface area (Å²) in [5.41, 5.74) is 3.47. The van der Waals surface area contributed by atoms with Crippen LogP contribution >= 0.6 is 11.5 Å². The third-order valence-corrected chi connectivity index (χ3v) is 4.40. The monoisotopic (exact) mass is 339 g/mol. The number of nitrogens with one attached hydrogen (secondary N) is 1. The fourth-order valence-electron chi connectivity index (χ4n) is 2.24. The Labute approximate surface area is 144 Å². The summed E-state index contributed by atoms with van der Waals surface area (Å²) in [5, 5.41) is 6.88. The van der Waals surface area contributed by atoms with Crippen LogP contribution in [0.15, 0.2) is 48.5 Å². The highest BCUT2D eigenvalue weighted by molar-refractivity contribution is 7.09. The summed E-state index contributed by atoms with van der Waals surface area (Å²) < 4.78 is 9.06. The Morgan fingerprint density at radius 2 is 1.83 bits per heavy atom. The largest absolute Gasteiger partial charge is 0.497 e. The van der Waals surface area contributed by atoms with E-state index in [0.29, 0.717) is 12.2 Å². The molecule has 24 heavy (non-hydrogen) atoms. The molecule has 0 aliphatic rings. The molecular weight excluding hydrogens is 322 g/mol. The van der Waals surface area contributed by atoms with Gasteiger partial charge >= 0.3 is 0 Å². The van der Waals surface area contributed by atoms with Crippen LogP contribution in [0, 0.1) is 6.92 Å². The molecule has 6 heteroatoms. The number of benzene rings is 2. The summed E-state index contributed by atoms with van der Waals surface area (Å²) in [6.07, 6.45) is 0. The fourth-order valence-corrected chi connectivity index (χ4v) is 2.91. The van der Waals surface area contributed by atoms with Crippen molar-refractivity contribution in [3.63, 3.8) is 0 Å². The molecule has 2 aromatic carbocycles. The van der Waals surface area contributed by atoms with Crippen molar-refractivity contribution in [1.82, 2.24) is 14.9 Å². The zero-order valence-corrected chi connectivity index (χ0v) is 14.3. The van der Waals surface area contributed by atoms with Gasteiger partial charge in [-0.05, 0) is 41.7 Å². The molecule has 1 amide bonds. The van der Waals surface area contributed by atoms with E-state index in [1.54, 1.807) is 7.11 Å². The Kier molecular flexibility index (Phi) is 4.86. The topological polar surface area (TPSA) is 64.1 Å². The maximum Gasteiger partial charge on any atom is 0.273 e. The molecule has 0 bridgehead atoms. The van der Waals surface area contributed by atoms with E-state index in [-0.39, 0.29) is 5.91 Å². The minimum absolute atomic E-state index is 0.227. The third kappa shape index (κ3) is 3.60. The molecule has 0 aliphatic carbocycles. The van der Waals surface area contributed by atoms with Gasteiger partial charge < -0.3 is 10.1 Å². The summed E-state index contributed by atoms with van der Waals surface area (Å²) in [7, 11) is 1.62. The van der Waals surface area contributed by atoms with Crippen molar-refractivity contribution in [3.8, 4) is 16.2 Å². The van der Waals surface area contributed by atoms with E-state index in [1.807, 2.05) is 55.5 Å². The van der Waals surface area contributed by atoms with Gasteiger partial charge in [0, 0.05) is 6.54 Å². The van der Waals surface area contributed by atoms with Gasteiger partial charge in [0.25, 0.3) is 5.91 Å². The van der Waals surface area contributed by atoms with Crippen molar-refractivity contribution in [2.24, 2.45) is 0 Å². The van der Waals surface area contributed by atoms with E-state index in [2.05, 4.69) is 14.9 Å². The van der Waals surface area contributed by atoms with Crippen LogP contribution in [0.1, 0.15) is 21.6 Å². The van der Waals surface area contributed by atoms with Crippen LogP contribution in [0.4, 0.5) is 0 Å². The van der Waals surface area contributed by atoms with Gasteiger partial charge in [-0.3, -0.25) is 4.79 Å². The van der Waals surface area contributed by atoms with E-state index >= 15 is 0 Å². The number of aryl methyl sites for hydroxylation is 1. The van der Waals surface area contributed by atoms with Crippen LogP contribution < -0.4 is 10.1 Å². The van der Waals surface area contributed by atoms with Gasteiger partial charge in [-0.25, -0.2) is 0 Å². The molecule has 3 rings (SSSR count). The Balaban J connectivity index is 1.71. The number of carbonyl (C=O) groups is 1. The summed E-state index contributed by atoms with van der Waals surface area (Å²) in [5.74, 6) is 0.561. The molecule has 1 N–H and O–H groups in total. The highest BCUT2D eigenvalue weighted by Gasteiger charge is 2.17. The van der Waals surface area contributed by atoms with E-state index in [0.717, 1.165) is 21.8 Å². The van der Waals surface area contributed by atoms with Crippen molar-refractivity contribution < 1.29 is 9.53 Å². The molecule has 122 valence electrons. The van der Waals surface area contributed by atoms with Gasteiger partial charge in [0.2, 0.25) is 0 Å². The summed E-state index contributed by atoms with van der Waals surface area (Å²) >= 11 is 1.22. The standard InChI is InChI=1S/C18H17N3O2S/c1-12-3-7-14(8-4-12)17-16(20-21-24-17)18(22)19-11-13-5-9-15(23-2)10-6-13/h3-10H,11H2,1-2H3,(H,19,22). The Bertz CT molecular complexity index is 826. The molecule has 0 saturated carbocycles. The van der Waals surface area contributed by atoms with Crippen molar-refractivity contribution >= 4 is 17.4 Å². The lowest BCUT2D eigenvalue weighted by atomic mass is 10.1. The highest BCUT2D eigenvalue weighted by Crippen LogP contribution is 2.26. The number of aromatic nitrogens is 2. The highest BCUT2D eigenvalue weighted by atomic mass is 32.1. The lowest BCUT2D eigenvalue weighted by molar-refractivity contribution is 0.0946. The van der Waals surface area contributed by atoms with E-state index in [1.165, 1.54) is 17.1 Å². The number of methoxy groups -OCH3 is 1. The first-order chi connectivity index (χ1) is 11.7. The maximum absolute atomic E-state index is 12.4. The van der Waals surface area contributed by atoms with Gasteiger partial charge in [0.15, 0.2) is 5.69 Å². The molecule has 1 aromatic heterocycles. The second-order valence-corrected chi connectivity index (χ2v) is 6.10. The quantitative estimate of drug-likeness (QED) is 0.773. The van der Waals surface area contributed by atoms with Crippen LogP contribution in [0.25, 0.3) is 10.4 Å². The predicted molar refractivity (Wildman–Crippen MR) is 94.2 cm³/mol. The van der Waals surface area contributed by atoms with Crippen LogP contribution in [-0.4, -0.2) is 22.6 Å². The first-order valence-electron chi connectivity index (χ1n) is 7.48. The molecule has 0 fully saturated rings. The van der Waals surface area contributed by atoms with Crippen LogP contribution in [-0.2, 0) is 6.54 Å². The lowest BCUT2D eigenvalue weighted by Crippen LogP contribution is -2.23. The number of ether oxygens (including phenoxy) is 1. The molecule has 0 radical (unpaired) electrons. The predicted octanol–water partition coefficient (Wildman–Crippen LogP) is 3.45. The number of amides is 1. The average molecular weight is 339 g/mol. The third-order valence-electron chi connectivity index (χ3n) is 3.63. The molecular formula is C18H17N3O2S. The molecule has 3 aromatic rings. The van der Waals surface area contributed by atoms with Crippen LogP contribution in [0.5, 0.6) is 5.75 Å². The Hall–Kier alpha value is -2.73. The minimum Gasteiger partial charge on any atom is -0.497 e. The van der Waals surface area contributed by atoms with E-state index in [9.17, 15) is 4.79 Å². The molecule has 0 unspecified atom stereocenters. The van der Waals surface area contributed by atoms with Crippen molar-refractivity contribution in [2.45, 2.75) is 13.5 Å². The van der Waals surface area contributed by atoms with Gasteiger partial charge in [0.1, 0.15) is 5.75 Å². The van der Waals surface area contributed by atoms with Crippen LogP contribution in [0.3, 0.4) is 0 Å². The molecule has 5 nitrogen and oxygen atoms in total. The zero-order chi connectivity index (χ0) is 16.9. The normalized spacial score (nSPS) is 10.4. The summed E-state index contributed by atoms with van der Waals surface area (Å²) in [6, 6.07) is 15.5. The smallest absolute Gasteiger partial charge is 0.273 e. The number of carbonyl (C=O) groups excluding carboxylic acids is 1. The Morgan fingerprint density at radius 1 is 1.12 bits per heavy atom. The van der Waals surface area contributed by atoms with E-state index in [4.69, 9.17) is 4.74 Å². The number of hydrogen-bond acceptors (Lipinski definition) is 5. The summed E-state index contributed by atoms with van der Waals surface area (Å²) in [4.78, 5) is 13.2. The maximum atomic E-state index is 12.4. The second kappa shape index (κ2) is 7.23. The summed E-state index contributed by atoms with van der Waals surface area (Å²) in [6.45, 7) is 2.45. The number of rotatable bonds is 5. The SMILES string of the molecule is COc1ccc(CNC(=O)c2nnsc2-c2ccc(C)cc2)cc1. The van der Waals surface area contributed by atoms with Gasteiger partial charge in [-0.1, -0.05) is 46.4 Å². The molecule has 0 spiro atoms. The Morgan fingerprint density at radius 3 is 2.50 bits per heavy atom. The zero-order valence-electron chi connectivity index (χ0n) is 13.4. The van der Waals surface area contributed by atoms with Gasteiger partial charge in [-0.15, -0.1) is 5.10 Å². The second-order valence-electron chi connectivity index (χ2n) is 5.35. The van der Waals surface area contributed by atoms with Gasteiger partial charge in [-0.2, -0.15) is 0 Å². The lowest BCUT2D eigenvalue weighted by Gasteiger charge is -2.06. The first-order valence-corrected chi connectivity index (χ1v) is 8.25. The van der Waals surface area contributed by atoms with Gasteiger partial charge in [0.05, 0.1) is 12.0 Å². The first kappa shape index (κ1) is 16.1. The molecule has 1 heterocycles. The van der Waals surface area contributed by atoms with Crippen LogP contribution in [0.2, 0.25) is 0 Å². The van der Waals surface area contributed by atoms with Crippen molar-refractivity contribution in [3.05, 3.63) is 65.4 Å². The van der Waals surface area contributed by atoms with Crippen molar-refractivity contribution in [2.75, 3.05) is 7.11 Å². The average Bonchev–Trinajstić information content (AvgIpc) is 3.10. The van der Waals surface area contributed by atoms with E-state index < -0.39 is 0 Å². The van der Waals surface area contributed by atoms with Crippen molar-refractivity contribution in [1.29, 1.82) is 0 Å². The minimum atomic E-state index is -0.227. The number of hydrogen-bond donors (Lipinski definition) is 1. The molecule has 0 saturated heterocycles. The molecule has 0 atom stereocenters. The molecule has 0 aliphatic heterocycles.